The van der Waals surface area contributed by atoms with Crippen LogP contribution in [-0.2, 0) is 24.2 Å². The smallest absolute Gasteiger partial charge is 0.372 e. The van der Waals surface area contributed by atoms with Crippen LogP contribution in [0.15, 0.2) is 30.3 Å². The Labute approximate surface area is 151 Å². The van der Waals surface area contributed by atoms with Gasteiger partial charge in [0.25, 0.3) is 0 Å². The average molecular weight is 364 g/mol. The van der Waals surface area contributed by atoms with Gasteiger partial charge in [0.1, 0.15) is 0 Å². The zero-order chi connectivity index (χ0) is 19.2. The molecule has 1 aliphatic rings. The maximum atomic E-state index is 13.0. The summed E-state index contributed by atoms with van der Waals surface area (Å²) in [6.45, 7) is 2.06. The van der Waals surface area contributed by atoms with E-state index >= 15 is 0 Å². The summed E-state index contributed by atoms with van der Waals surface area (Å²) >= 11 is 0. The van der Waals surface area contributed by atoms with Crippen molar-refractivity contribution in [1.82, 2.24) is 0 Å². The molecule has 0 saturated carbocycles. The highest BCUT2D eigenvalue weighted by molar-refractivity contribution is 6.14. The van der Waals surface area contributed by atoms with Crippen molar-refractivity contribution in [2.24, 2.45) is 11.1 Å². The molecule has 1 aromatic carbocycles. The van der Waals surface area contributed by atoms with Gasteiger partial charge in [-0.2, -0.15) is 9.78 Å². The van der Waals surface area contributed by atoms with Crippen LogP contribution >= 0.6 is 0 Å². The fraction of sp³-hybridized carbons (Fsp3) is 0.500. The minimum Gasteiger partial charge on any atom is -0.477 e. The van der Waals surface area contributed by atoms with E-state index in [-0.39, 0.29) is 6.42 Å². The van der Waals surface area contributed by atoms with Gasteiger partial charge < -0.3 is 16.2 Å². The molecule has 0 radical (unpaired) electrons. The van der Waals surface area contributed by atoms with E-state index in [0.29, 0.717) is 12.1 Å². The third-order valence-electron chi connectivity index (χ3n) is 4.59. The monoisotopic (exact) mass is 364 g/mol. The van der Waals surface area contributed by atoms with Crippen molar-refractivity contribution in [3.63, 3.8) is 0 Å². The minimum atomic E-state index is -2.39. The summed E-state index contributed by atoms with van der Waals surface area (Å²) in [5.74, 6) is -5.90. The third-order valence-corrected chi connectivity index (χ3v) is 4.59. The number of nitrogens with two attached hydrogens (primary N) is 1. The summed E-state index contributed by atoms with van der Waals surface area (Å²) in [5.41, 5.74) is 3.75. The lowest BCUT2D eigenvalue weighted by Gasteiger charge is -2.29. The summed E-state index contributed by atoms with van der Waals surface area (Å²) in [4.78, 5) is 46.3. The fourth-order valence-electron chi connectivity index (χ4n) is 3.02. The maximum absolute atomic E-state index is 13.0. The Morgan fingerprint density at radius 2 is 1.73 bits per heavy atom. The number of hydrogen-bond donors (Lipinski definition) is 3. The van der Waals surface area contributed by atoms with E-state index in [0.717, 1.165) is 25.7 Å². The van der Waals surface area contributed by atoms with E-state index in [1.54, 1.807) is 30.3 Å². The van der Waals surface area contributed by atoms with Crippen LogP contribution in [0.3, 0.4) is 0 Å². The van der Waals surface area contributed by atoms with Crippen LogP contribution in [0.25, 0.3) is 0 Å². The van der Waals surface area contributed by atoms with Gasteiger partial charge in [-0.1, -0.05) is 57.2 Å². The van der Waals surface area contributed by atoms with Crippen molar-refractivity contribution in [3.05, 3.63) is 30.3 Å². The van der Waals surface area contributed by atoms with Crippen LogP contribution < -0.4 is 11.1 Å². The number of para-hydroxylation sites is 1. The Kier molecular flexibility index (Phi) is 6.33. The Hall–Kier alpha value is -2.45. The van der Waals surface area contributed by atoms with E-state index in [1.807, 2.05) is 0 Å². The number of primary amides is 1. The van der Waals surface area contributed by atoms with Crippen molar-refractivity contribution in [2.75, 3.05) is 5.32 Å². The molecule has 142 valence electrons. The standard InChI is InChI=1S/C18H24N2O6/c1-2-3-4-5-9-12-17(14(19)21,18(16(23)24)25-26-18)15(22)20-13-10-7-6-8-11-13/h6-8,10-11H,2-5,9,12H2,1H3,(H2,19,21)(H,20,22)(H,23,24). The van der Waals surface area contributed by atoms with E-state index in [4.69, 9.17) is 5.73 Å². The summed E-state index contributed by atoms with van der Waals surface area (Å²) < 4.78 is 0. The quantitative estimate of drug-likeness (QED) is 0.238. The number of carboxylic acid groups (broad SMARTS) is 1. The number of benzene rings is 1. The van der Waals surface area contributed by atoms with E-state index in [2.05, 4.69) is 22.0 Å². The highest BCUT2D eigenvalue weighted by Gasteiger charge is 2.77. The van der Waals surface area contributed by atoms with Crippen molar-refractivity contribution in [1.29, 1.82) is 0 Å². The number of nitrogens with one attached hydrogen (secondary N) is 1. The molecule has 0 spiro atoms. The predicted molar refractivity (Wildman–Crippen MR) is 92.6 cm³/mol. The molecule has 1 heterocycles. The normalized spacial score (nSPS) is 17.1. The SMILES string of the molecule is CCCCCCCC(C(N)=O)(C(=O)Nc1ccccc1)C1(C(=O)O)OO1. The highest BCUT2D eigenvalue weighted by Crippen LogP contribution is 2.50. The van der Waals surface area contributed by atoms with E-state index < -0.39 is 29.0 Å². The zero-order valence-corrected chi connectivity index (χ0v) is 14.7. The Morgan fingerprint density at radius 3 is 2.23 bits per heavy atom. The van der Waals surface area contributed by atoms with Crippen LogP contribution in [0.2, 0.25) is 0 Å². The summed E-state index contributed by atoms with van der Waals surface area (Å²) in [6, 6.07) is 8.39. The van der Waals surface area contributed by atoms with Gasteiger partial charge in [-0.3, -0.25) is 9.59 Å². The molecular weight excluding hydrogens is 340 g/mol. The summed E-state index contributed by atoms with van der Waals surface area (Å²) in [6.07, 6.45) is 4.03. The first-order chi connectivity index (χ1) is 12.4. The predicted octanol–water partition coefficient (Wildman–Crippen LogP) is 2.20. The summed E-state index contributed by atoms with van der Waals surface area (Å²) in [7, 11) is 0. The van der Waals surface area contributed by atoms with E-state index in [1.165, 1.54) is 0 Å². The molecule has 1 fully saturated rings. The molecule has 26 heavy (non-hydrogen) atoms. The third kappa shape index (κ3) is 3.71. The molecule has 1 aliphatic heterocycles. The zero-order valence-electron chi connectivity index (χ0n) is 14.7. The number of rotatable bonds is 11. The van der Waals surface area contributed by atoms with Crippen molar-refractivity contribution < 1.29 is 29.3 Å². The molecule has 2 rings (SSSR count). The first-order valence-corrected chi connectivity index (χ1v) is 8.67. The molecule has 1 saturated heterocycles. The second-order valence-corrected chi connectivity index (χ2v) is 6.34. The molecule has 1 atom stereocenters. The average Bonchev–Trinajstić information content (AvgIpc) is 3.41. The number of unbranched alkanes of at least 4 members (excludes halogenated alkanes) is 4. The molecule has 8 nitrogen and oxygen atoms in total. The van der Waals surface area contributed by atoms with Crippen molar-refractivity contribution >= 4 is 23.5 Å². The highest BCUT2D eigenvalue weighted by atomic mass is 17.4. The molecule has 2 amide bonds. The van der Waals surface area contributed by atoms with Crippen LogP contribution in [0, 0.1) is 5.41 Å². The number of amides is 2. The molecule has 0 aliphatic carbocycles. The van der Waals surface area contributed by atoms with Gasteiger partial charge >= 0.3 is 11.8 Å². The number of carbonyl (C=O) groups is 3. The second-order valence-electron chi connectivity index (χ2n) is 6.34. The Balaban J connectivity index is 2.28. The lowest BCUT2D eigenvalue weighted by Crippen LogP contribution is -2.59. The summed E-state index contributed by atoms with van der Waals surface area (Å²) in [5, 5.41) is 12.1. The molecule has 1 unspecified atom stereocenters. The molecule has 0 bridgehead atoms. The van der Waals surface area contributed by atoms with Crippen LogP contribution in [-0.4, -0.2) is 28.7 Å². The van der Waals surface area contributed by atoms with Crippen molar-refractivity contribution in [3.8, 4) is 0 Å². The lowest BCUT2D eigenvalue weighted by molar-refractivity contribution is -0.161. The van der Waals surface area contributed by atoms with Crippen LogP contribution in [0.4, 0.5) is 5.69 Å². The molecule has 1 aromatic rings. The molecule has 0 aromatic heterocycles. The van der Waals surface area contributed by atoms with Gasteiger partial charge in [-0.05, 0) is 18.6 Å². The van der Waals surface area contributed by atoms with Crippen molar-refractivity contribution in [2.45, 2.75) is 51.2 Å². The molecule has 4 N–H and O–H groups in total. The van der Waals surface area contributed by atoms with Gasteiger partial charge in [0.2, 0.25) is 11.8 Å². The Bertz CT molecular complexity index is 659. The van der Waals surface area contributed by atoms with Crippen LogP contribution in [0.1, 0.15) is 45.4 Å². The van der Waals surface area contributed by atoms with Gasteiger partial charge in [0.15, 0.2) is 5.41 Å². The molecular formula is C18H24N2O6. The number of carbonyl (C=O) groups excluding carboxylic acids is 2. The Morgan fingerprint density at radius 1 is 1.12 bits per heavy atom. The maximum Gasteiger partial charge on any atom is 0.372 e. The second kappa shape index (κ2) is 8.29. The largest absolute Gasteiger partial charge is 0.477 e. The van der Waals surface area contributed by atoms with E-state index in [9.17, 15) is 19.5 Å². The first kappa shape index (κ1) is 19.9. The number of aliphatic carboxylic acids is 1. The fourth-order valence-corrected chi connectivity index (χ4v) is 3.02. The van der Waals surface area contributed by atoms with Gasteiger partial charge in [0, 0.05) is 5.69 Å². The number of carboxylic acids is 1. The van der Waals surface area contributed by atoms with Gasteiger partial charge in [0.05, 0.1) is 0 Å². The minimum absolute atomic E-state index is 0.0863. The van der Waals surface area contributed by atoms with Gasteiger partial charge in [-0.15, -0.1) is 0 Å². The van der Waals surface area contributed by atoms with Gasteiger partial charge in [-0.25, -0.2) is 4.79 Å². The lowest BCUT2D eigenvalue weighted by atomic mass is 9.73. The first-order valence-electron chi connectivity index (χ1n) is 8.67. The van der Waals surface area contributed by atoms with Crippen LogP contribution in [0.5, 0.6) is 0 Å². The molecule has 8 heteroatoms. The number of anilines is 1. The number of hydrogen-bond acceptors (Lipinski definition) is 5. The topological polar surface area (TPSA) is 135 Å².